The van der Waals surface area contributed by atoms with Gasteiger partial charge in [0.2, 0.25) is 5.91 Å². The zero-order chi connectivity index (χ0) is 16.7. The van der Waals surface area contributed by atoms with Crippen LogP contribution in [0.4, 0.5) is 0 Å². The lowest BCUT2D eigenvalue weighted by molar-refractivity contribution is -0.123. The van der Waals surface area contributed by atoms with E-state index in [2.05, 4.69) is 41.2 Å². The van der Waals surface area contributed by atoms with Crippen molar-refractivity contribution in [1.82, 2.24) is 15.1 Å². The van der Waals surface area contributed by atoms with E-state index >= 15 is 0 Å². The Labute approximate surface area is 139 Å². The fourth-order valence-electron chi connectivity index (χ4n) is 2.83. The third-order valence-corrected chi connectivity index (χ3v) is 4.30. The predicted molar refractivity (Wildman–Crippen MR) is 92.2 cm³/mol. The summed E-state index contributed by atoms with van der Waals surface area (Å²) < 4.78 is 5.38. The highest BCUT2D eigenvalue weighted by atomic mass is 16.5. The van der Waals surface area contributed by atoms with Crippen molar-refractivity contribution in [2.75, 3.05) is 39.8 Å². The summed E-state index contributed by atoms with van der Waals surface area (Å²) in [5.41, 5.74) is 2.28. The monoisotopic (exact) mass is 319 g/mol. The Morgan fingerprint density at radius 2 is 1.96 bits per heavy atom. The highest BCUT2D eigenvalue weighted by Gasteiger charge is 2.22. The number of carbonyl (C=O) groups is 1. The molecule has 0 bridgehead atoms. The van der Waals surface area contributed by atoms with Crippen molar-refractivity contribution in [3.8, 4) is 0 Å². The maximum absolute atomic E-state index is 12.1. The molecule has 2 rings (SSSR count). The summed E-state index contributed by atoms with van der Waals surface area (Å²) in [4.78, 5) is 16.7. The van der Waals surface area contributed by atoms with Crippen LogP contribution >= 0.6 is 0 Å². The van der Waals surface area contributed by atoms with Gasteiger partial charge in [0.05, 0.1) is 13.2 Å². The van der Waals surface area contributed by atoms with Gasteiger partial charge >= 0.3 is 0 Å². The third-order valence-electron chi connectivity index (χ3n) is 4.30. The molecule has 0 radical (unpaired) electrons. The van der Waals surface area contributed by atoms with Crippen molar-refractivity contribution in [3.63, 3.8) is 0 Å². The Morgan fingerprint density at radius 1 is 1.26 bits per heavy atom. The zero-order valence-electron chi connectivity index (χ0n) is 14.5. The van der Waals surface area contributed by atoms with E-state index in [1.54, 1.807) is 0 Å². The Balaban J connectivity index is 1.73. The fourth-order valence-corrected chi connectivity index (χ4v) is 2.83. The molecule has 0 saturated carbocycles. The van der Waals surface area contributed by atoms with Gasteiger partial charge < -0.3 is 15.0 Å². The lowest BCUT2D eigenvalue weighted by Gasteiger charge is -2.37. The van der Waals surface area contributed by atoms with E-state index in [1.165, 1.54) is 0 Å². The van der Waals surface area contributed by atoms with Gasteiger partial charge in [-0.1, -0.05) is 24.3 Å². The summed E-state index contributed by atoms with van der Waals surface area (Å²) in [6, 6.07) is 8.64. The van der Waals surface area contributed by atoms with E-state index in [-0.39, 0.29) is 5.91 Å². The maximum Gasteiger partial charge on any atom is 0.234 e. The van der Waals surface area contributed by atoms with Crippen LogP contribution in [0, 0.1) is 0 Å². The Kier molecular flexibility index (Phi) is 7.02. The second-order valence-electron chi connectivity index (χ2n) is 6.31. The molecule has 5 nitrogen and oxygen atoms in total. The maximum atomic E-state index is 12.1. The van der Waals surface area contributed by atoms with Crippen LogP contribution in [-0.4, -0.2) is 61.6 Å². The van der Waals surface area contributed by atoms with Gasteiger partial charge in [-0.3, -0.25) is 9.69 Å². The molecule has 1 aliphatic heterocycles. The Morgan fingerprint density at radius 3 is 2.61 bits per heavy atom. The molecule has 23 heavy (non-hydrogen) atoms. The smallest absolute Gasteiger partial charge is 0.234 e. The first-order chi connectivity index (χ1) is 11.1. The average molecular weight is 319 g/mol. The minimum Gasteiger partial charge on any atom is -0.377 e. The van der Waals surface area contributed by atoms with Crippen molar-refractivity contribution in [1.29, 1.82) is 0 Å². The van der Waals surface area contributed by atoms with Crippen LogP contribution in [0.1, 0.15) is 25.0 Å². The number of benzene rings is 1. The van der Waals surface area contributed by atoms with E-state index in [0.717, 1.165) is 37.4 Å². The number of carbonyl (C=O) groups excluding carboxylic acids is 1. The first-order valence-electron chi connectivity index (χ1n) is 8.43. The van der Waals surface area contributed by atoms with Crippen molar-refractivity contribution in [3.05, 3.63) is 35.4 Å². The normalized spacial score (nSPS) is 19.7. The Hall–Kier alpha value is -1.43. The van der Waals surface area contributed by atoms with Gasteiger partial charge in [0, 0.05) is 38.8 Å². The van der Waals surface area contributed by atoms with E-state index in [0.29, 0.717) is 25.7 Å². The topological polar surface area (TPSA) is 44.8 Å². The number of piperazine rings is 1. The highest BCUT2D eigenvalue weighted by molar-refractivity contribution is 5.78. The fraction of sp³-hybridized carbons (Fsp3) is 0.611. The number of nitrogens with one attached hydrogen (secondary N) is 1. The summed E-state index contributed by atoms with van der Waals surface area (Å²) in [5, 5.41) is 3.02. The zero-order valence-corrected chi connectivity index (χ0v) is 14.5. The van der Waals surface area contributed by atoms with Crippen LogP contribution in [0.15, 0.2) is 24.3 Å². The molecular formula is C18H29N3O2. The van der Waals surface area contributed by atoms with Gasteiger partial charge in [-0.2, -0.15) is 0 Å². The molecule has 1 amide bonds. The molecule has 1 fully saturated rings. The molecule has 5 heteroatoms. The Bertz CT molecular complexity index is 490. The molecule has 1 aliphatic rings. The molecule has 0 aromatic heterocycles. The average Bonchev–Trinajstić information content (AvgIpc) is 2.54. The largest absolute Gasteiger partial charge is 0.377 e. The molecule has 1 heterocycles. The second-order valence-corrected chi connectivity index (χ2v) is 6.31. The van der Waals surface area contributed by atoms with E-state index in [4.69, 9.17) is 4.74 Å². The van der Waals surface area contributed by atoms with Crippen LogP contribution in [0.25, 0.3) is 0 Å². The molecule has 1 N–H and O–H groups in total. The first-order valence-corrected chi connectivity index (χ1v) is 8.43. The number of ether oxygens (including phenoxy) is 1. The third kappa shape index (κ3) is 5.94. The molecule has 1 aromatic carbocycles. The minimum atomic E-state index is 0.0970. The van der Waals surface area contributed by atoms with Crippen molar-refractivity contribution in [2.45, 2.75) is 33.0 Å². The van der Waals surface area contributed by atoms with Crippen LogP contribution in [0.5, 0.6) is 0 Å². The predicted octanol–water partition coefficient (Wildman–Crippen LogP) is 1.48. The molecule has 1 aromatic rings. The molecular weight excluding hydrogens is 290 g/mol. The van der Waals surface area contributed by atoms with Crippen LogP contribution in [0.2, 0.25) is 0 Å². The number of amides is 1. The van der Waals surface area contributed by atoms with Gasteiger partial charge in [0.1, 0.15) is 0 Å². The molecule has 0 aliphatic carbocycles. The minimum absolute atomic E-state index is 0.0970. The summed E-state index contributed by atoms with van der Waals surface area (Å²) in [5.74, 6) is 0.0970. The number of rotatable bonds is 7. The number of hydrogen-bond acceptors (Lipinski definition) is 4. The van der Waals surface area contributed by atoms with Crippen molar-refractivity contribution >= 4 is 5.91 Å². The lowest BCUT2D eigenvalue weighted by atomic mass is 10.1. The molecule has 0 unspecified atom stereocenters. The highest BCUT2D eigenvalue weighted by Crippen LogP contribution is 2.08. The SMILES string of the molecule is CCOCc1ccc(CNC(=O)CN2CCN(C)C[C@H]2C)cc1. The van der Waals surface area contributed by atoms with Gasteiger partial charge in [-0.25, -0.2) is 0 Å². The quantitative estimate of drug-likeness (QED) is 0.827. The van der Waals surface area contributed by atoms with E-state index < -0.39 is 0 Å². The van der Waals surface area contributed by atoms with Crippen LogP contribution < -0.4 is 5.32 Å². The summed E-state index contributed by atoms with van der Waals surface area (Å²) in [7, 11) is 2.13. The van der Waals surface area contributed by atoms with Gasteiger partial charge in [-0.15, -0.1) is 0 Å². The molecule has 1 saturated heterocycles. The van der Waals surface area contributed by atoms with Crippen molar-refractivity contribution < 1.29 is 9.53 Å². The lowest BCUT2D eigenvalue weighted by Crippen LogP contribution is -2.53. The molecule has 0 spiro atoms. The van der Waals surface area contributed by atoms with Gasteiger partial charge in [-0.05, 0) is 32.0 Å². The second kappa shape index (κ2) is 9.01. The van der Waals surface area contributed by atoms with Gasteiger partial charge in [0.15, 0.2) is 0 Å². The van der Waals surface area contributed by atoms with Gasteiger partial charge in [0.25, 0.3) is 0 Å². The van der Waals surface area contributed by atoms with E-state index in [1.807, 2.05) is 19.1 Å². The van der Waals surface area contributed by atoms with E-state index in [9.17, 15) is 4.79 Å². The summed E-state index contributed by atoms with van der Waals surface area (Å²) in [6.07, 6.45) is 0. The van der Waals surface area contributed by atoms with Crippen LogP contribution in [-0.2, 0) is 22.7 Å². The van der Waals surface area contributed by atoms with Crippen molar-refractivity contribution in [2.24, 2.45) is 0 Å². The first kappa shape index (κ1) is 17.9. The summed E-state index contributed by atoms with van der Waals surface area (Å²) in [6.45, 7) is 9.61. The van der Waals surface area contributed by atoms with Crippen LogP contribution in [0.3, 0.4) is 0 Å². The number of likely N-dealkylation sites (N-methyl/N-ethyl adjacent to an activating group) is 1. The standard InChI is InChI=1S/C18H29N3O2/c1-4-23-14-17-7-5-16(6-8-17)11-19-18(22)13-21-10-9-20(3)12-15(21)2/h5-8,15H,4,9-14H2,1-3H3,(H,19,22)/t15-/m1/s1. The molecule has 128 valence electrons. The number of nitrogens with zero attached hydrogens (tertiary/aromatic N) is 2. The molecule has 1 atom stereocenters. The number of hydrogen-bond donors (Lipinski definition) is 1. The summed E-state index contributed by atoms with van der Waals surface area (Å²) >= 11 is 0.